The maximum Gasteiger partial charge on any atom is 0.250 e. The van der Waals surface area contributed by atoms with Gasteiger partial charge in [-0.05, 0) is 55.9 Å². The Morgan fingerprint density at radius 2 is 1.65 bits per heavy atom. The van der Waals surface area contributed by atoms with Crippen molar-refractivity contribution >= 4 is 17.3 Å². The van der Waals surface area contributed by atoms with Crippen molar-refractivity contribution in [1.82, 2.24) is 0 Å². The third-order valence-corrected chi connectivity index (χ3v) is 6.23. The molecule has 3 nitrogen and oxygen atoms in total. The number of nitrogens with one attached hydrogen (secondary N) is 1. The van der Waals surface area contributed by atoms with Crippen LogP contribution in [-0.4, -0.2) is 18.0 Å². The van der Waals surface area contributed by atoms with E-state index in [9.17, 15) is 4.79 Å². The smallest absolute Gasteiger partial charge is 0.250 e. The van der Waals surface area contributed by atoms with Gasteiger partial charge in [0.2, 0.25) is 5.91 Å². The van der Waals surface area contributed by atoms with E-state index in [1.54, 1.807) is 0 Å². The molecule has 2 aliphatic rings. The monoisotopic (exact) mass is 348 g/mol. The van der Waals surface area contributed by atoms with Gasteiger partial charge in [-0.15, -0.1) is 0 Å². The number of rotatable bonds is 3. The first-order valence-corrected chi connectivity index (χ1v) is 9.85. The van der Waals surface area contributed by atoms with Crippen LogP contribution in [0.2, 0.25) is 0 Å². The maximum absolute atomic E-state index is 13.6. The standard InChI is InChI=1S/C23H28N2O/c1-17-9-8-10-18(2)21(17)24-22(26)23(14-6-3-7-15-23)25-16-13-19-11-4-5-12-20(19)25/h4-5,8-12H,3,6-7,13-16H2,1-2H3,(H,24,26). The molecule has 3 heteroatoms. The predicted octanol–water partition coefficient (Wildman–Crippen LogP) is 5.01. The van der Waals surface area contributed by atoms with Gasteiger partial charge in [-0.25, -0.2) is 0 Å². The molecule has 1 heterocycles. The van der Waals surface area contributed by atoms with Gasteiger partial charge in [0.25, 0.3) is 0 Å². The molecule has 1 saturated carbocycles. The highest BCUT2D eigenvalue weighted by Crippen LogP contribution is 2.42. The average Bonchev–Trinajstić information content (AvgIpc) is 3.10. The predicted molar refractivity (Wildman–Crippen MR) is 108 cm³/mol. The molecular weight excluding hydrogens is 320 g/mol. The van der Waals surface area contributed by atoms with Gasteiger partial charge in [0.15, 0.2) is 0 Å². The van der Waals surface area contributed by atoms with Crippen LogP contribution in [0.4, 0.5) is 11.4 Å². The van der Waals surface area contributed by atoms with Crippen molar-refractivity contribution in [2.24, 2.45) is 0 Å². The number of hydrogen-bond donors (Lipinski definition) is 1. The summed E-state index contributed by atoms with van der Waals surface area (Å²) < 4.78 is 0. The Morgan fingerprint density at radius 1 is 0.962 bits per heavy atom. The lowest BCUT2D eigenvalue weighted by molar-refractivity contribution is -0.122. The van der Waals surface area contributed by atoms with Crippen LogP contribution >= 0.6 is 0 Å². The van der Waals surface area contributed by atoms with Crippen molar-refractivity contribution in [3.63, 3.8) is 0 Å². The van der Waals surface area contributed by atoms with Gasteiger partial charge in [0.1, 0.15) is 5.54 Å². The molecule has 1 fully saturated rings. The minimum absolute atomic E-state index is 0.173. The molecule has 0 aromatic heterocycles. The van der Waals surface area contributed by atoms with E-state index in [1.165, 1.54) is 17.7 Å². The first-order chi connectivity index (χ1) is 12.6. The fraction of sp³-hybridized carbons (Fsp3) is 0.435. The number of nitrogens with zero attached hydrogens (tertiary/aromatic N) is 1. The van der Waals surface area contributed by atoms with E-state index >= 15 is 0 Å². The number of carbonyl (C=O) groups excluding carboxylic acids is 1. The molecule has 2 aromatic rings. The van der Waals surface area contributed by atoms with E-state index < -0.39 is 5.54 Å². The Hall–Kier alpha value is -2.29. The molecule has 4 rings (SSSR count). The van der Waals surface area contributed by atoms with Crippen LogP contribution in [0.25, 0.3) is 0 Å². The van der Waals surface area contributed by atoms with Crippen molar-refractivity contribution in [1.29, 1.82) is 0 Å². The number of benzene rings is 2. The highest BCUT2D eigenvalue weighted by atomic mass is 16.2. The molecule has 1 N–H and O–H groups in total. The summed E-state index contributed by atoms with van der Waals surface area (Å²) in [4.78, 5) is 16.0. The highest BCUT2D eigenvalue weighted by Gasteiger charge is 2.46. The number of carbonyl (C=O) groups is 1. The third-order valence-electron chi connectivity index (χ3n) is 6.23. The highest BCUT2D eigenvalue weighted by molar-refractivity contribution is 6.02. The second-order valence-corrected chi connectivity index (χ2v) is 7.84. The molecule has 0 saturated heterocycles. The zero-order valence-corrected chi connectivity index (χ0v) is 15.8. The van der Waals surface area contributed by atoms with Crippen molar-refractivity contribution in [2.75, 3.05) is 16.8 Å². The zero-order chi connectivity index (χ0) is 18.1. The SMILES string of the molecule is Cc1cccc(C)c1NC(=O)C1(N2CCc3ccccc32)CCCCC1. The van der Waals surface area contributed by atoms with E-state index in [0.717, 1.165) is 55.5 Å². The summed E-state index contributed by atoms with van der Waals surface area (Å²) in [5.41, 5.74) is 5.45. The van der Waals surface area contributed by atoms with Crippen LogP contribution in [0, 0.1) is 13.8 Å². The van der Waals surface area contributed by atoms with Crippen molar-refractivity contribution in [2.45, 2.75) is 57.9 Å². The lowest BCUT2D eigenvalue weighted by atomic mass is 9.79. The van der Waals surface area contributed by atoms with E-state index in [4.69, 9.17) is 0 Å². The summed E-state index contributed by atoms with van der Waals surface area (Å²) in [6.07, 6.45) is 6.40. The molecule has 1 amide bonds. The minimum Gasteiger partial charge on any atom is -0.356 e. The van der Waals surface area contributed by atoms with E-state index in [-0.39, 0.29) is 5.91 Å². The molecule has 0 spiro atoms. The van der Waals surface area contributed by atoms with Crippen LogP contribution < -0.4 is 10.2 Å². The van der Waals surface area contributed by atoms with Gasteiger partial charge < -0.3 is 10.2 Å². The van der Waals surface area contributed by atoms with Crippen LogP contribution in [0.15, 0.2) is 42.5 Å². The van der Waals surface area contributed by atoms with E-state index in [1.807, 2.05) is 6.07 Å². The first kappa shape index (κ1) is 17.1. The Labute approximate surface area is 156 Å². The van der Waals surface area contributed by atoms with Gasteiger partial charge in [-0.3, -0.25) is 4.79 Å². The van der Waals surface area contributed by atoms with Gasteiger partial charge in [-0.1, -0.05) is 55.7 Å². The summed E-state index contributed by atoms with van der Waals surface area (Å²) in [6, 6.07) is 14.8. The summed E-state index contributed by atoms with van der Waals surface area (Å²) in [5, 5.41) is 3.32. The van der Waals surface area contributed by atoms with Crippen LogP contribution in [-0.2, 0) is 11.2 Å². The fourth-order valence-electron chi connectivity index (χ4n) is 4.78. The second-order valence-electron chi connectivity index (χ2n) is 7.84. The molecule has 0 atom stereocenters. The first-order valence-electron chi connectivity index (χ1n) is 9.85. The number of amides is 1. The van der Waals surface area contributed by atoms with E-state index in [2.05, 4.69) is 60.5 Å². The Morgan fingerprint density at radius 3 is 2.38 bits per heavy atom. The number of para-hydroxylation sites is 2. The molecule has 2 aromatic carbocycles. The van der Waals surface area contributed by atoms with Crippen LogP contribution in [0.5, 0.6) is 0 Å². The number of hydrogen-bond acceptors (Lipinski definition) is 2. The molecule has 1 aliphatic carbocycles. The van der Waals surface area contributed by atoms with Gasteiger partial charge in [0.05, 0.1) is 0 Å². The topological polar surface area (TPSA) is 32.3 Å². The number of fused-ring (bicyclic) bond motifs is 1. The summed E-state index contributed by atoms with van der Waals surface area (Å²) in [6.45, 7) is 5.09. The molecule has 0 bridgehead atoms. The Bertz CT molecular complexity index is 800. The van der Waals surface area contributed by atoms with E-state index in [0.29, 0.717) is 0 Å². The molecule has 1 aliphatic heterocycles. The Balaban J connectivity index is 1.70. The lowest BCUT2D eigenvalue weighted by Gasteiger charge is -2.45. The molecule has 136 valence electrons. The number of anilines is 2. The fourth-order valence-corrected chi connectivity index (χ4v) is 4.78. The normalized spacial score (nSPS) is 18.5. The van der Waals surface area contributed by atoms with Crippen molar-refractivity contribution < 1.29 is 4.79 Å². The molecular formula is C23H28N2O. The van der Waals surface area contributed by atoms with Crippen molar-refractivity contribution in [3.05, 3.63) is 59.2 Å². The number of aryl methyl sites for hydroxylation is 2. The molecule has 0 radical (unpaired) electrons. The Kier molecular flexibility index (Phi) is 4.47. The minimum atomic E-state index is -0.417. The molecule has 0 unspecified atom stereocenters. The van der Waals surface area contributed by atoms with Gasteiger partial charge in [0, 0.05) is 17.9 Å². The van der Waals surface area contributed by atoms with Crippen LogP contribution in [0.1, 0.15) is 48.8 Å². The summed E-state index contributed by atoms with van der Waals surface area (Å²) in [5.74, 6) is 0.173. The average molecular weight is 348 g/mol. The van der Waals surface area contributed by atoms with Crippen LogP contribution in [0.3, 0.4) is 0 Å². The van der Waals surface area contributed by atoms with Crippen molar-refractivity contribution in [3.8, 4) is 0 Å². The largest absolute Gasteiger partial charge is 0.356 e. The third kappa shape index (κ3) is 2.80. The zero-order valence-electron chi connectivity index (χ0n) is 15.8. The second kappa shape index (κ2) is 6.79. The van der Waals surface area contributed by atoms with Gasteiger partial charge >= 0.3 is 0 Å². The maximum atomic E-state index is 13.6. The summed E-state index contributed by atoms with van der Waals surface area (Å²) in [7, 11) is 0. The molecule has 26 heavy (non-hydrogen) atoms. The quantitative estimate of drug-likeness (QED) is 0.846. The lowest BCUT2D eigenvalue weighted by Crippen LogP contribution is -2.58. The van der Waals surface area contributed by atoms with Gasteiger partial charge in [-0.2, -0.15) is 0 Å². The summed E-state index contributed by atoms with van der Waals surface area (Å²) >= 11 is 0.